The summed E-state index contributed by atoms with van der Waals surface area (Å²) in [5, 5.41) is 12.8. The summed E-state index contributed by atoms with van der Waals surface area (Å²) in [4.78, 5) is 6.57. The molecule has 0 bridgehead atoms. The normalized spacial score (nSPS) is 18.4. The molecular weight excluding hydrogens is 250 g/mol. The van der Waals surface area contributed by atoms with Gasteiger partial charge in [0.05, 0.1) is 5.69 Å². The number of anilines is 1. The Bertz CT molecular complexity index is 659. The number of nitrogens with one attached hydrogen (secondary N) is 1. The molecule has 2 aromatic heterocycles. The number of hydrogen-bond acceptors (Lipinski definition) is 4. The first kappa shape index (κ1) is 12.9. The maximum atomic E-state index is 9.36. The number of imidazole rings is 1. The topological polar surface area (TPSA) is 56.4 Å². The van der Waals surface area contributed by atoms with Crippen molar-refractivity contribution in [3.8, 4) is 6.07 Å². The molecule has 0 aromatic carbocycles. The predicted molar refractivity (Wildman–Crippen MR) is 79.0 cm³/mol. The highest BCUT2D eigenvalue weighted by Gasteiger charge is 2.20. The smallest absolute Gasteiger partial charge is 0.168 e. The van der Waals surface area contributed by atoms with E-state index in [4.69, 9.17) is 0 Å². The summed E-state index contributed by atoms with van der Waals surface area (Å²) in [5.41, 5.74) is 2.46. The van der Waals surface area contributed by atoms with E-state index in [9.17, 15) is 5.26 Å². The average Bonchev–Trinajstić information content (AvgIpc) is 3.07. The Kier molecular flexibility index (Phi) is 3.33. The van der Waals surface area contributed by atoms with E-state index in [-0.39, 0.29) is 0 Å². The highest BCUT2D eigenvalue weighted by molar-refractivity contribution is 5.78. The van der Waals surface area contributed by atoms with Gasteiger partial charge in [0.15, 0.2) is 5.69 Å². The van der Waals surface area contributed by atoms with Crippen LogP contribution < -0.4 is 10.2 Å². The van der Waals surface area contributed by atoms with Gasteiger partial charge in [0, 0.05) is 32.8 Å². The zero-order valence-electron chi connectivity index (χ0n) is 11.9. The number of fused-ring (bicyclic) bond motifs is 1. The third kappa shape index (κ3) is 2.12. The fourth-order valence-corrected chi connectivity index (χ4v) is 2.92. The van der Waals surface area contributed by atoms with E-state index < -0.39 is 0 Å². The van der Waals surface area contributed by atoms with Crippen molar-refractivity contribution >= 4 is 11.2 Å². The van der Waals surface area contributed by atoms with Crippen LogP contribution in [0.5, 0.6) is 0 Å². The quantitative estimate of drug-likeness (QED) is 0.919. The summed E-state index contributed by atoms with van der Waals surface area (Å²) in [6, 6.07) is 6.75. The van der Waals surface area contributed by atoms with E-state index in [1.807, 2.05) is 37.3 Å². The molecule has 1 aliphatic rings. The molecule has 3 heterocycles. The van der Waals surface area contributed by atoms with Crippen LogP contribution in [-0.4, -0.2) is 36.1 Å². The van der Waals surface area contributed by atoms with E-state index in [2.05, 4.69) is 20.8 Å². The molecule has 5 nitrogen and oxygen atoms in total. The van der Waals surface area contributed by atoms with Gasteiger partial charge < -0.3 is 14.6 Å². The molecule has 2 aromatic rings. The van der Waals surface area contributed by atoms with Crippen LogP contribution in [0.4, 0.5) is 5.69 Å². The Morgan fingerprint density at radius 1 is 1.55 bits per heavy atom. The minimum absolute atomic E-state index is 0.482. The van der Waals surface area contributed by atoms with Gasteiger partial charge in [-0.25, -0.2) is 4.98 Å². The van der Waals surface area contributed by atoms with Crippen LogP contribution in [0.1, 0.15) is 24.4 Å². The summed E-state index contributed by atoms with van der Waals surface area (Å²) >= 11 is 0. The molecule has 1 fully saturated rings. The second-order valence-electron chi connectivity index (χ2n) is 5.49. The van der Waals surface area contributed by atoms with Crippen LogP contribution in [0.3, 0.4) is 0 Å². The highest BCUT2D eigenvalue weighted by Crippen LogP contribution is 2.25. The largest absolute Gasteiger partial charge is 0.376 e. The third-order valence-corrected chi connectivity index (χ3v) is 3.90. The van der Waals surface area contributed by atoms with Crippen molar-refractivity contribution in [1.82, 2.24) is 14.7 Å². The summed E-state index contributed by atoms with van der Waals surface area (Å²) in [5.74, 6) is 0.972. The molecule has 5 heteroatoms. The molecule has 0 amide bonds. The second-order valence-corrected chi connectivity index (χ2v) is 5.49. The molecular formula is C15H19N5. The van der Waals surface area contributed by atoms with Gasteiger partial charge in [-0.15, -0.1) is 0 Å². The molecule has 0 saturated carbocycles. The fourth-order valence-electron chi connectivity index (χ4n) is 2.92. The lowest BCUT2D eigenvalue weighted by molar-refractivity contribution is 0.584. The third-order valence-electron chi connectivity index (χ3n) is 3.90. The van der Waals surface area contributed by atoms with Crippen LogP contribution in [0.2, 0.25) is 0 Å². The molecule has 0 aliphatic carbocycles. The standard InChI is InChI=1S/C15H19N5/c1-19(2)13-6-4-8-20-14(9-11-5-3-7-17-11)18-12(10-16)15(13)20/h4,6,8,11,17H,3,5,7,9H2,1-2H3. The molecule has 3 rings (SSSR count). The van der Waals surface area contributed by atoms with Crippen molar-refractivity contribution in [2.24, 2.45) is 0 Å². The van der Waals surface area contributed by atoms with Crippen molar-refractivity contribution in [2.45, 2.75) is 25.3 Å². The van der Waals surface area contributed by atoms with Crippen LogP contribution in [0, 0.1) is 11.3 Å². The van der Waals surface area contributed by atoms with Gasteiger partial charge in [-0.1, -0.05) is 0 Å². The van der Waals surface area contributed by atoms with Crippen LogP contribution in [0.25, 0.3) is 5.52 Å². The number of nitriles is 1. The zero-order chi connectivity index (χ0) is 14.1. The van der Waals surface area contributed by atoms with Gasteiger partial charge >= 0.3 is 0 Å². The van der Waals surface area contributed by atoms with Crippen molar-refractivity contribution in [1.29, 1.82) is 5.26 Å². The minimum Gasteiger partial charge on any atom is -0.376 e. The van der Waals surface area contributed by atoms with E-state index in [0.29, 0.717) is 11.7 Å². The monoisotopic (exact) mass is 269 g/mol. The fraction of sp³-hybridized carbons (Fsp3) is 0.467. The Morgan fingerprint density at radius 2 is 2.40 bits per heavy atom. The maximum absolute atomic E-state index is 9.36. The van der Waals surface area contributed by atoms with E-state index in [0.717, 1.165) is 30.0 Å². The lowest BCUT2D eigenvalue weighted by atomic mass is 10.1. The number of hydrogen-bond donors (Lipinski definition) is 1. The number of rotatable bonds is 3. The Morgan fingerprint density at radius 3 is 3.05 bits per heavy atom. The molecule has 0 spiro atoms. The summed E-state index contributed by atoms with van der Waals surface area (Å²) in [6.07, 6.45) is 5.28. The molecule has 1 N–H and O–H groups in total. The molecule has 1 saturated heterocycles. The van der Waals surface area contributed by atoms with Gasteiger partial charge in [-0.05, 0) is 31.5 Å². The average molecular weight is 269 g/mol. The molecule has 20 heavy (non-hydrogen) atoms. The Balaban J connectivity index is 2.09. The first-order chi connectivity index (χ1) is 9.70. The van der Waals surface area contributed by atoms with Crippen LogP contribution in [-0.2, 0) is 6.42 Å². The number of nitrogens with zero attached hydrogens (tertiary/aromatic N) is 4. The van der Waals surface area contributed by atoms with Gasteiger partial charge in [0.25, 0.3) is 0 Å². The highest BCUT2D eigenvalue weighted by atomic mass is 15.1. The number of aromatic nitrogens is 2. The van der Waals surface area contributed by atoms with E-state index in [1.54, 1.807) is 0 Å². The summed E-state index contributed by atoms with van der Waals surface area (Å²) in [7, 11) is 3.98. The van der Waals surface area contributed by atoms with Gasteiger partial charge in [0.1, 0.15) is 17.4 Å². The lowest BCUT2D eigenvalue weighted by Crippen LogP contribution is -2.24. The summed E-state index contributed by atoms with van der Waals surface area (Å²) in [6.45, 7) is 1.09. The molecule has 104 valence electrons. The van der Waals surface area contributed by atoms with Crippen LogP contribution in [0.15, 0.2) is 18.3 Å². The van der Waals surface area contributed by atoms with Gasteiger partial charge in [-0.2, -0.15) is 5.26 Å². The van der Waals surface area contributed by atoms with Crippen molar-refractivity contribution < 1.29 is 0 Å². The number of pyridine rings is 1. The SMILES string of the molecule is CN(C)c1cccn2c(CC3CCCN3)nc(C#N)c12. The first-order valence-corrected chi connectivity index (χ1v) is 7.01. The van der Waals surface area contributed by atoms with Crippen molar-refractivity contribution in [2.75, 3.05) is 25.5 Å². The van der Waals surface area contributed by atoms with Crippen molar-refractivity contribution in [3.05, 3.63) is 29.8 Å². The Labute approximate surface area is 118 Å². The molecule has 0 radical (unpaired) electrons. The molecule has 1 unspecified atom stereocenters. The zero-order valence-corrected chi connectivity index (χ0v) is 11.9. The second kappa shape index (κ2) is 5.14. The van der Waals surface area contributed by atoms with E-state index in [1.165, 1.54) is 12.8 Å². The summed E-state index contributed by atoms with van der Waals surface area (Å²) < 4.78 is 2.06. The van der Waals surface area contributed by atoms with E-state index >= 15 is 0 Å². The Hall–Kier alpha value is -2.06. The van der Waals surface area contributed by atoms with Gasteiger partial charge in [-0.3, -0.25) is 0 Å². The lowest BCUT2D eigenvalue weighted by Gasteiger charge is -2.14. The van der Waals surface area contributed by atoms with Crippen molar-refractivity contribution in [3.63, 3.8) is 0 Å². The molecule has 1 atom stereocenters. The minimum atomic E-state index is 0.482. The predicted octanol–water partition coefficient (Wildman–Crippen LogP) is 1.57. The molecule has 1 aliphatic heterocycles. The first-order valence-electron chi connectivity index (χ1n) is 7.01. The maximum Gasteiger partial charge on any atom is 0.168 e. The van der Waals surface area contributed by atoms with Crippen LogP contribution >= 0.6 is 0 Å². The van der Waals surface area contributed by atoms with Gasteiger partial charge in [0.2, 0.25) is 0 Å².